The molecular formula is C12H9F3N2. The molecule has 0 aliphatic rings. The summed E-state index contributed by atoms with van der Waals surface area (Å²) >= 11 is 0. The summed E-state index contributed by atoms with van der Waals surface area (Å²) in [6.07, 6.45) is -1.24. The Kier molecular flexibility index (Phi) is 3.08. The van der Waals surface area contributed by atoms with Crippen LogP contribution in [0.4, 0.5) is 13.2 Å². The van der Waals surface area contributed by atoms with Crippen molar-refractivity contribution >= 4 is 0 Å². The first-order chi connectivity index (χ1) is 8.09. The van der Waals surface area contributed by atoms with Crippen LogP contribution < -0.4 is 0 Å². The highest BCUT2D eigenvalue weighted by Crippen LogP contribution is 2.24. The molecule has 0 bridgehead atoms. The molecule has 0 unspecified atom stereocenters. The van der Waals surface area contributed by atoms with E-state index in [0.717, 1.165) is 0 Å². The van der Waals surface area contributed by atoms with Gasteiger partial charge in [-0.05, 0) is 25.1 Å². The van der Waals surface area contributed by atoms with Crippen LogP contribution in [0.3, 0.4) is 0 Å². The zero-order valence-corrected chi connectivity index (χ0v) is 8.99. The number of aryl methyl sites for hydroxylation is 1. The van der Waals surface area contributed by atoms with E-state index in [9.17, 15) is 13.2 Å². The summed E-state index contributed by atoms with van der Waals surface area (Å²) in [5.41, 5.74) is 0.217. The molecule has 0 aliphatic heterocycles. The van der Waals surface area contributed by atoms with Crippen molar-refractivity contribution in [1.82, 2.24) is 9.97 Å². The Hall–Kier alpha value is -1.91. The summed E-state index contributed by atoms with van der Waals surface area (Å²) in [5.74, 6) is -0.536. The number of halogens is 3. The largest absolute Gasteiger partial charge is 0.280 e. The van der Waals surface area contributed by atoms with Crippen molar-refractivity contribution in [2.45, 2.75) is 13.3 Å². The van der Waals surface area contributed by atoms with Crippen molar-refractivity contribution in [3.8, 4) is 11.3 Å². The normalized spacial score (nSPS) is 10.9. The standard InChI is InChI=1S/C12H9F3N2/c1-7-11(13)8(5-6-16-7)9-3-2-4-10(17-9)12(14)15/h2-6,12H,1H3. The minimum atomic E-state index is -2.67. The maximum atomic E-state index is 13.7. The minimum Gasteiger partial charge on any atom is -0.258 e. The average Bonchev–Trinajstić information content (AvgIpc) is 2.33. The maximum absolute atomic E-state index is 13.7. The lowest BCUT2D eigenvalue weighted by Gasteiger charge is -2.06. The molecule has 2 nitrogen and oxygen atoms in total. The van der Waals surface area contributed by atoms with Gasteiger partial charge in [0.1, 0.15) is 5.69 Å². The third-order valence-electron chi connectivity index (χ3n) is 2.33. The number of alkyl halides is 2. The van der Waals surface area contributed by atoms with Crippen LogP contribution in [0.1, 0.15) is 17.8 Å². The van der Waals surface area contributed by atoms with E-state index in [-0.39, 0.29) is 22.6 Å². The van der Waals surface area contributed by atoms with Crippen molar-refractivity contribution in [3.63, 3.8) is 0 Å². The van der Waals surface area contributed by atoms with Gasteiger partial charge >= 0.3 is 0 Å². The summed E-state index contributed by atoms with van der Waals surface area (Å²) in [5, 5.41) is 0. The molecule has 0 spiro atoms. The molecule has 0 saturated carbocycles. The minimum absolute atomic E-state index is 0.181. The fourth-order valence-corrected chi connectivity index (χ4v) is 1.47. The third-order valence-corrected chi connectivity index (χ3v) is 2.33. The van der Waals surface area contributed by atoms with E-state index in [0.29, 0.717) is 0 Å². The smallest absolute Gasteiger partial charge is 0.258 e. The van der Waals surface area contributed by atoms with Gasteiger partial charge in [-0.3, -0.25) is 4.98 Å². The molecule has 0 amide bonds. The molecule has 88 valence electrons. The molecule has 0 N–H and O–H groups in total. The zero-order chi connectivity index (χ0) is 12.4. The van der Waals surface area contributed by atoms with Crippen LogP contribution in [0, 0.1) is 12.7 Å². The van der Waals surface area contributed by atoms with Gasteiger partial charge < -0.3 is 0 Å². The first kappa shape index (κ1) is 11.6. The number of nitrogens with zero attached hydrogens (tertiary/aromatic N) is 2. The summed E-state index contributed by atoms with van der Waals surface area (Å²) in [7, 11) is 0. The van der Waals surface area contributed by atoms with Crippen molar-refractivity contribution in [1.29, 1.82) is 0 Å². The van der Waals surface area contributed by atoms with Crippen LogP contribution in [0.25, 0.3) is 11.3 Å². The Morgan fingerprint density at radius 3 is 2.65 bits per heavy atom. The number of aromatic nitrogens is 2. The summed E-state index contributed by atoms with van der Waals surface area (Å²) in [6.45, 7) is 1.51. The second-order valence-electron chi connectivity index (χ2n) is 3.51. The van der Waals surface area contributed by atoms with Gasteiger partial charge in [0, 0.05) is 11.8 Å². The van der Waals surface area contributed by atoms with Gasteiger partial charge in [-0.2, -0.15) is 0 Å². The van der Waals surface area contributed by atoms with Crippen LogP contribution in [0.2, 0.25) is 0 Å². The summed E-state index contributed by atoms with van der Waals surface area (Å²) < 4.78 is 38.7. The van der Waals surface area contributed by atoms with E-state index >= 15 is 0 Å². The Morgan fingerprint density at radius 1 is 1.18 bits per heavy atom. The van der Waals surface area contributed by atoms with Gasteiger partial charge in [0.05, 0.1) is 11.4 Å². The average molecular weight is 238 g/mol. The van der Waals surface area contributed by atoms with E-state index < -0.39 is 12.2 Å². The number of hydrogen-bond acceptors (Lipinski definition) is 2. The highest BCUT2D eigenvalue weighted by molar-refractivity contribution is 5.60. The lowest BCUT2D eigenvalue weighted by Crippen LogP contribution is -1.96. The number of rotatable bonds is 2. The van der Waals surface area contributed by atoms with Crippen LogP contribution in [0.5, 0.6) is 0 Å². The maximum Gasteiger partial charge on any atom is 0.280 e. The van der Waals surface area contributed by atoms with Gasteiger partial charge in [0.2, 0.25) is 0 Å². The van der Waals surface area contributed by atoms with Crippen molar-refractivity contribution in [3.05, 3.63) is 47.7 Å². The van der Waals surface area contributed by atoms with E-state index in [1.54, 1.807) is 0 Å². The Morgan fingerprint density at radius 2 is 1.94 bits per heavy atom. The van der Waals surface area contributed by atoms with Gasteiger partial charge in [0.15, 0.2) is 5.82 Å². The monoisotopic (exact) mass is 238 g/mol. The van der Waals surface area contributed by atoms with Crippen molar-refractivity contribution in [2.24, 2.45) is 0 Å². The highest BCUT2D eigenvalue weighted by Gasteiger charge is 2.13. The predicted molar refractivity (Wildman–Crippen MR) is 57.1 cm³/mol. The molecule has 2 heterocycles. The first-order valence-electron chi connectivity index (χ1n) is 4.96. The molecule has 2 aromatic heterocycles. The van der Waals surface area contributed by atoms with Crippen LogP contribution in [-0.4, -0.2) is 9.97 Å². The Labute approximate surface area is 96.2 Å². The summed E-state index contributed by atoms with van der Waals surface area (Å²) in [4.78, 5) is 7.50. The van der Waals surface area contributed by atoms with Crippen molar-refractivity contribution < 1.29 is 13.2 Å². The Balaban J connectivity index is 2.53. The zero-order valence-electron chi connectivity index (χ0n) is 8.99. The number of pyridine rings is 2. The molecule has 0 saturated heterocycles. The second kappa shape index (κ2) is 4.53. The van der Waals surface area contributed by atoms with Crippen molar-refractivity contribution in [2.75, 3.05) is 0 Å². The van der Waals surface area contributed by atoms with Gasteiger partial charge in [-0.15, -0.1) is 0 Å². The molecule has 0 aromatic carbocycles. The van der Waals surface area contributed by atoms with Gasteiger partial charge in [-0.1, -0.05) is 6.07 Å². The van der Waals surface area contributed by atoms with Crippen LogP contribution >= 0.6 is 0 Å². The quantitative estimate of drug-likeness (QED) is 0.799. The topological polar surface area (TPSA) is 25.8 Å². The first-order valence-corrected chi connectivity index (χ1v) is 4.96. The van der Waals surface area contributed by atoms with E-state index in [1.807, 2.05) is 0 Å². The molecule has 0 radical (unpaired) electrons. The molecule has 5 heteroatoms. The van der Waals surface area contributed by atoms with Crippen LogP contribution in [0.15, 0.2) is 30.5 Å². The highest BCUT2D eigenvalue weighted by atomic mass is 19.3. The van der Waals surface area contributed by atoms with E-state index in [2.05, 4.69) is 9.97 Å². The molecule has 2 rings (SSSR count). The third kappa shape index (κ3) is 2.27. The molecule has 0 atom stereocenters. The SMILES string of the molecule is Cc1nccc(-c2cccc(C(F)F)n2)c1F. The van der Waals surface area contributed by atoms with Gasteiger partial charge in [-0.25, -0.2) is 18.2 Å². The number of hydrogen-bond donors (Lipinski definition) is 0. The van der Waals surface area contributed by atoms with Crippen LogP contribution in [-0.2, 0) is 0 Å². The molecule has 17 heavy (non-hydrogen) atoms. The molecule has 0 fully saturated rings. The summed E-state index contributed by atoms with van der Waals surface area (Å²) in [6, 6.07) is 5.54. The van der Waals surface area contributed by atoms with Gasteiger partial charge in [0.25, 0.3) is 6.43 Å². The lowest BCUT2D eigenvalue weighted by molar-refractivity contribution is 0.146. The Bertz CT molecular complexity index is 541. The fraction of sp³-hybridized carbons (Fsp3) is 0.167. The lowest BCUT2D eigenvalue weighted by atomic mass is 10.1. The molecule has 2 aromatic rings. The molecule has 0 aliphatic carbocycles. The fourth-order valence-electron chi connectivity index (χ4n) is 1.47. The second-order valence-corrected chi connectivity index (χ2v) is 3.51. The van der Waals surface area contributed by atoms with E-state index in [4.69, 9.17) is 0 Å². The molecular weight excluding hydrogens is 229 g/mol. The predicted octanol–water partition coefficient (Wildman–Crippen LogP) is 3.53. The van der Waals surface area contributed by atoms with E-state index in [1.165, 1.54) is 37.4 Å².